The number of carbonyl (C=O) groups excluding carboxylic acids is 2. The van der Waals surface area contributed by atoms with E-state index in [-0.39, 0.29) is 29.6 Å². The molecule has 0 radical (unpaired) electrons. The van der Waals surface area contributed by atoms with Gasteiger partial charge in [0.2, 0.25) is 21.8 Å². The number of nitrogens with zero attached hydrogens (tertiary/aromatic N) is 2. The number of fused-ring (bicyclic) bond motifs is 1. The van der Waals surface area contributed by atoms with Crippen molar-refractivity contribution in [3.05, 3.63) is 59.9 Å². The van der Waals surface area contributed by atoms with E-state index < -0.39 is 10.0 Å². The quantitative estimate of drug-likeness (QED) is 0.505. The van der Waals surface area contributed by atoms with Gasteiger partial charge in [-0.05, 0) is 36.2 Å². The van der Waals surface area contributed by atoms with E-state index in [9.17, 15) is 18.0 Å². The Balaban J connectivity index is 1.47. The molecule has 0 fully saturated rings. The predicted molar refractivity (Wildman–Crippen MR) is 107 cm³/mol. The molecule has 0 atom stereocenters. The Hall–Kier alpha value is -3.24. The van der Waals surface area contributed by atoms with Gasteiger partial charge in [0, 0.05) is 13.5 Å². The van der Waals surface area contributed by atoms with Crippen LogP contribution in [-0.4, -0.2) is 29.8 Å². The highest BCUT2D eigenvalue weighted by Gasteiger charge is 2.12. The molecule has 3 rings (SSSR count). The van der Waals surface area contributed by atoms with Gasteiger partial charge in [-0.15, -0.1) is 0 Å². The van der Waals surface area contributed by atoms with Crippen LogP contribution in [0.4, 0.5) is 0 Å². The number of sulfonamides is 1. The molecule has 0 aliphatic carbocycles. The zero-order chi connectivity index (χ0) is 21.0. The number of nitrogens with one attached hydrogen (secondary N) is 2. The number of imidazole rings is 1. The Morgan fingerprint density at radius 1 is 1.03 bits per heavy atom. The summed E-state index contributed by atoms with van der Waals surface area (Å²) in [5.74, 6) is -0.152. The SMILES string of the molecule is Cn1c(CC(=O)NNC(=O)CCc2ccc(S(N)(=O)=O)cc2)nc2ccccc21. The van der Waals surface area contributed by atoms with Gasteiger partial charge in [0.1, 0.15) is 5.82 Å². The number of carbonyl (C=O) groups is 2. The number of primary sulfonamides is 1. The number of amides is 2. The van der Waals surface area contributed by atoms with Crippen LogP contribution < -0.4 is 16.0 Å². The molecule has 1 heterocycles. The second-order valence-corrected chi connectivity index (χ2v) is 8.10. The molecule has 0 saturated carbocycles. The molecule has 0 aliphatic rings. The van der Waals surface area contributed by atoms with Gasteiger partial charge in [-0.3, -0.25) is 20.4 Å². The van der Waals surface area contributed by atoms with Crippen molar-refractivity contribution in [1.29, 1.82) is 0 Å². The van der Waals surface area contributed by atoms with Crippen LogP contribution in [0.15, 0.2) is 53.4 Å². The summed E-state index contributed by atoms with van der Waals surface area (Å²) in [4.78, 5) is 28.5. The van der Waals surface area contributed by atoms with Crippen LogP contribution in [0.5, 0.6) is 0 Å². The van der Waals surface area contributed by atoms with Crippen LogP contribution in [0, 0.1) is 0 Å². The summed E-state index contributed by atoms with van der Waals surface area (Å²) in [5.41, 5.74) is 7.25. The maximum Gasteiger partial charge on any atom is 0.245 e. The second kappa shape index (κ2) is 8.41. The van der Waals surface area contributed by atoms with Gasteiger partial charge in [0.05, 0.1) is 22.3 Å². The average Bonchev–Trinajstić information content (AvgIpc) is 3.00. The molecular weight excluding hydrogens is 394 g/mol. The smallest absolute Gasteiger partial charge is 0.245 e. The van der Waals surface area contributed by atoms with Crippen molar-refractivity contribution in [3.63, 3.8) is 0 Å². The Morgan fingerprint density at radius 3 is 2.34 bits per heavy atom. The van der Waals surface area contributed by atoms with E-state index in [0.29, 0.717) is 12.2 Å². The third-order valence-corrected chi connectivity index (χ3v) is 5.36. The van der Waals surface area contributed by atoms with Gasteiger partial charge in [-0.2, -0.15) is 0 Å². The molecule has 2 amide bonds. The standard InChI is InChI=1S/C19H21N5O4S/c1-24-16-5-3-2-4-15(16)21-17(24)12-19(26)23-22-18(25)11-8-13-6-9-14(10-7-13)29(20,27)28/h2-7,9-10H,8,11-12H2,1H3,(H,22,25)(H,23,26)(H2,20,27,28). The lowest BCUT2D eigenvalue weighted by Gasteiger charge is -2.08. The highest BCUT2D eigenvalue weighted by atomic mass is 32.2. The van der Waals surface area contributed by atoms with Crippen molar-refractivity contribution in [3.8, 4) is 0 Å². The molecule has 0 aliphatic heterocycles. The molecular formula is C19H21N5O4S. The maximum atomic E-state index is 12.1. The minimum Gasteiger partial charge on any atom is -0.331 e. The summed E-state index contributed by atoms with van der Waals surface area (Å²) in [5, 5.41) is 5.05. The van der Waals surface area contributed by atoms with Gasteiger partial charge in [-0.25, -0.2) is 18.5 Å². The highest BCUT2D eigenvalue weighted by Crippen LogP contribution is 2.14. The number of benzene rings is 2. The summed E-state index contributed by atoms with van der Waals surface area (Å²) in [6.07, 6.45) is 0.541. The van der Waals surface area contributed by atoms with Gasteiger partial charge < -0.3 is 4.57 Å². The number of para-hydroxylation sites is 2. The first kappa shape index (κ1) is 20.5. The third kappa shape index (κ3) is 5.18. The number of aromatic nitrogens is 2. The van der Waals surface area contributed by atoms with Gasteiger partial charge in [-0.1, -0.05) is 24.3 Å². The molecule has 0 spiro atoms. The number of hydrogen-bond acceptors (Lipinski definition) is 5. The predicted octanol–water partition coefficient (Wildman–Crippen LogP) is 0.543. The van der Waals surface area contributed by atoms with E-state index in [1.807, 2.05) is 35.9 Å². The Labute approximate surface area is 167 Å². The van der Waals surface area contributed by atoms with Crippen molar-refractivity contribution in [1.82, 2.24) is 20.4 Å². The van der Waals surface area contributed by atoms with Crippen molar-refractivity contribution in [2.45, 2.75) is 24.2 Å². The lowest BCUT2D eigenvalue weighted by molar-refractivity contribution is -0.128. The van der Waals surface area contributed by atoms with Crippen LogP contribution in [0.2, 0.25) is 0 Å². The summed E-state index contributed by atoms with van der Waals surface area (Å²) >= 11 is 0. The zero-order valence-electron chi connectivity index (χ0n) is 15.8. The molecule has 9 nitrogen and oxygen atoms in total. The van der Waals surface area contributed by atoms with Crippen molar-refractivity contribution >= 4 is 32.9 Å². The lowest BCUT2D eigenvalue weighted by atomic mass is 10.1. The molecule has 0 bridgehead atoms. The molecule has 1 aromatic heterocycles. The number of nitrogens with two attached hydrogens (primary N) is 1. The molecule has 4 N–H and O–H groups in total. The topological polar surface area (TPSA) is 136 Å². The van der Waals surface area contributed by atoms with Crippen molar-refractivity contribution in [2.75, 3.05) is 0 Å². The van der Waals surface area contributed by atoms with Gasteiger partial charge in [0.15, 0.2) is 0 Å². The zero-order valence-corrected chi connectivity index (χ0v) is 16.6. The average molecular weight is 415 g/mol. The second-order valence-electron chi connectivity index (χ2n) is 6.54. The molecule has 29 heavy (non-hydrogen) atoms. The highest BCUT2D eigenvalue weighted by molar-refractivity contribution is 7.89. The normalized spacial score (nSPS) is 11.4. The minimum atomic E-state index is -3.74. The Kier molecular flexibility index (Phi) is 5.95. The Bertz CT molecular complexity index is 1150. The molecule has 0 saturated heterocycles. The van der Waals surface area contributed by atoms with Gasteiger partial charge in [0.25, 0.3) is 0 Å². The fourth-order valence-electron chi connectivity index (χ4n) is 2.85. The van der Waals surface area contributed by atoms with Crippen LogP contribution in [-0.2, 0) is 39.5 Å². The summed E-state index contributed by atoms with van der Waals surface area (Å²) in [7, 11) is -1.91. The minimum absolute atomic E-state index is 0.0138. The number of aryl methyl sites for hydroxylation is 2. The summed E-state index contributed by atoms with van der Waals surface area (Å²) < 4.78 is 24.3. The summed E-state index contributed by atoms with van der Waals surface area (Å²) in [6.45, 7) is 0. The molecule has 2 aromatic carbocycles. The number of rotatable bonds is 6. The van der Waals surface area contributed by atoms with Gasteiger partial charge >= 0.3 is 0 Å². The largest absolute Gasteiger partial charge is 0.331 e. The fourth-order valence-corrected chi connectivity index (χ4v) is 3.36. The molecule has 10 heteroatoms. The molecule has 3 aromatic rings. The van der Waals surface area contributed by atoms with E-state index >= 15 is 0 Å². The third-order valence-electron chi connectivity index (χ3n) is 4.43. The van der Waals surface area contributed by atoms with Crippen LogP contribution in [0.25, 0.3) is 11.0 Å². The first-order valence-corrected chi connectivity index (χ1v) is 10.4. The van der Waals surface area contributed by atoms with E-state index in [0.717, 1.165) is 16.6 Å². The fraction of sp³-hybridized carbons (Fsp3) is 0.211. The monoisotopic (exact) mass is 415 g/mol. The van der Waals surface area contributed by atoms with E-state index in [1.165, 1.54) is 12.1 Å². The Morgan fingerprint density at radius 2 is 1.69 bits per heavy atom. The van der Waals surface area contributed by atoms with E-state index in [1.54, 1.807) is 12.1 Å². The van der Waals surface area contributed by atoms with E-state index in [4.69, 9.17) is 5.14 Å². The van der Waals surface area contributed by atoms with Crippen LogP contribution >= 0.6 is 0 Å². The first-order valence-electron chi connectivity index (χ1n) is 8.84. The number of hydrazine groups is 1. The molecule has 152 valence electrons. The number of hydrogen-bond donors (Lipinski definition) is 3. The maximum absolute atomic E-state index is 12.1. The molecule has 0 unspecified atom stereocenters. The van der Waals surface area contributed by atoms with Crippen LogP contribution in [0.3, 0.4) is 0 Å². The lowest BCUT2D eigenvalue weighted by Crippen LogP contribution is -2.42. The van der Waals surface area contributed by atoms with Crippen molar-refractivity contribution in [2.24, 2.45) is 12.2 Å². The van der Waals surface area contributed by atoms with Crippen molar-refractivity contribution < 1.29 is 18.0 Å². The first-order chi connectivity index (χ1) is 13.7. The van der Waals surface area contributed by atoms with Crippen LogP contribution in [0.1, 0.15) is 17.8 Å². The van der Waals surface area contributed by atoms with E-state index in [2.05, 4.69) is 15.8 Å². The summed E-state index contributed by atoms with van der Waals surface area (Å²) in [6, 6.07) is 13.5.